The van der Waals surface area contributed by atoms with Gasteiger partial charge in [0.05, 0.1) is 5.41 Å². The Kier molecular flexibility index (Phi) is 9.81. The first-order chi connectivity index (χ1) is 32.7. The molecule has 11 aromatic carbocycles. The van der Waals surface area contributed by atoms with Gasteiger partial charge in [0.1, 0.15) is 0 Å². The van der Waals surface area contributed by atoms with Gasteiger partial charge in [0.25, 0.3) is 0 Å². The summed E-state index contributed by atoms with van der Waals surface area (Å²) in [6.07, 6.45) is 0. The molecule has 0 amide bonds. The summed E-state index contributed by atoms with van der Waals surface area (Å²) in [4.78, 5) is 2.38. The fourth-order valence-electron chi connectivity index (χ4n) is 10.4. The highest BCUT2D eigenvalue weighted by Gasteiger charge is 2.46. The van der Waals surface area contributed by atoms with E-state index in [2.05, 4.69) is 278 Å². The summed E-state index contributed by atoms with van der Waals surface area (Å²) in [7, 11) is 0. The number of rotatable bonds is 9. The van der Waals surface area contributed by atoms with Gasteiger partial charge in [0.2, 0.25) is 0 Å². The van der Waals surface area contributed by atoms with E-state index in [1.807, 2.05) is 0 Å². The lowest BCUT2D eigenvalue weighted by Gasteiger charge is -2.34. The monoisotopic (exact) mass is 839 g/mol. The van der Waals surface area contributed by atoms with Gasteiger partial charge in [-0.1, -0.05) is 218 Å². The number of fused-ring (bicyclic) bond motifs is 4. The average molecular weight is 840 g/mol. The predicted octanol–water partition coefficient (Wildman–Crippen LogP) is 17.3. The molecule has 0 bridgehead atoms. The van der Waals surface area contributed by atoms with Gasteiger partial charge in [-0.3, -0.25) is 0 Å². The number of hydrogen-bond acceptors (Lipinski definition) is 1. The third kappa shape index (κ3) is 6.81. The fourth-order valence-corrected chi connectivity index (χ4v) is 10.4. The predicted molar refractivity (Wildman–Crippen MR) is 278 cm³/mol. The Morgan fingerprint density at radius 2 is 0.667 bits per heavy atom. The lowest BCUT2D eigenvalue weighted by molar-refractivity contribution is 0.769. The van der Waals surface area contributed by atoms with Crippen LogP contribution in [0.2, 0.25) is 0 Å². The summed E-state index contributed by atoms with van der Waals surface area (Å²) in [5.41, 5.74) is 20.1. The molecule has 1 aliphatic carbocycles. The molecule has 1 heteroatoms. The van der Waals surface area contributed by atoms with Crippen molar-refractivity contribution in [2.75, 3.05) is 4.90 Å². The zero-order valence-electron chi connectivity index (χ0n) is 36.4. The lowest BCUT2D eigenvalue weighted by Crippen LogP contribution is -2.28. The van der Waals surface area contributed by atoms with Crippen LogP contribution in [0.15, 0.2) is 273 Å². The third-order valence-corrected chi connectivity index (χ3v) is 13.5. The second-order valence-corrected chi connectivity index (χ2v) is 17.3. The molecule has 0 saturated heterocycles. The van der Waals surface area contributed by atoms with Crippen LogP contribution in [-0.4, -0.2) is 0 Å². The molecule has 66 heavy (non-hydrogen) atoms. The zero-order chi connectivity index (χ0) is 43.9. The minimum atomic E-state index is -0.452. The highest BCUT2D eigenvalue weighted by atomic mass is 15.1. The van der Waals surface area contributed by atoms with Crippen LogP contribution in [0.5, 0.6) is 0 Å². The van der Waals surface area contributed by atoms with Crippen LogP contribution in [-0.2, 0) is 5.41 Å². The lowest BCUT2D eigenvalue weighted by atomic mass is 9.67. The summed E-state index contributed by atoms with van der Waals surface area (Å²) >= 11 is 0. The van der Waals surface area contributed by atoms with Crippen molar-refractivity contribution in [3.05, 3.63) is 295 Å². The van der Waals surface area contributed by atoms with Crippen LogP contribution >= 0.6 is 0 Å². The topological polar surface area (TPSA) is 3.24 Å². The van der Waals surface area contributed by atoms with Crippen LogP contribution in [0.1, 0.15) is 22.3 Å². The van der Waals surface area contributed by atoms with E-state index in [1.165, 1.54) is 88.7 Å². The Labute approximate surface area is 387 Å². The molecule has 0 fully saturated rings. The molecular formula is C65H45N. The Morgan fingerprint density at radius 1 is 0.227 bits per heavy atom. The van der Waals surface area contributed by atoms with Gasteiger partial charge < -0.3 is 4.90 Å². The van der Waals surface area contributed by atoms with Gasteiger partial charge in [0, 0.05) is 17.1 Å². The zero-order valence-corrected chi connectivity index (χ0v) is 36.4. The minimum absolute atomic E-state index is 0.452. The molecule has 0 heterocycles. The van der Waals surface area contributed by atoms with Crippen molar-refractivity contribution in [1.29, 1.82) is 0 Å². The molecule has 0 atom stereocenters. The molecular weight excluding hydrogens is 795 g/mol. The van der Waals surface area contributed by atoms with Gasteiger partial charge in [-0.2, -0.15) is 0 Å². The van der Waals surface area contributed by atoms with Crippen molar-refractivity contribution < 1.29 is 0 Å². The Balaban J connectivity index is 0.954. The van der Waals surface area contributed by atoms with Crippen molar-refractivity contribution in [3.8, 4) is 55.6 Å². The average Bonchev–Trinajstić information content (AvgIpc) is 3.70. The normalized spacial score (nSPS) is 12.4. The van der Waals surface area contributed by atoms with E-state index in [0.29, 0.717) is 0 Å². The van der Waals surface area contributed by atoms with Gasteiger partial charge in [-0.05, 0) is 143 Å². The highest BCUT2D eigenvalue weighted by Crippen LogP contribution is 2.56. The Bertz CT molecular complexity index is 3460. The highest BCUT2D eigenvalue weighted by molar-refractivity contribution is 5.91. The molecule has 1 aliphatic rings. The first kappa shape index (κ1) is 39.1. The number of anilines is 3. The number of hydrogen-bond donors (Lipinski definition) is 0. The van der Waals surface area contributed by atoms with Gasteiger partial charge in [0.15, 0.2) is 0 Å². The van der Waals surface area contributed by atoms with E-state index in [9.17, 15) is 0 Å². The SMILES string of the molecule is c1ccc(-c2cccc(-c3ccc(N(c4ccc(-c5ccc6c(c5)C(c5ccccc5)(c5ccccc5)c5ccccc5-6)cc4)c4cccc(-c5ccc6ccccc6c5)c4)cc3)c2)cc1. The van der Waals surface area contributed by atoms with Crippen LogP contribution in [0.3, 0.4) is 0 Å². The Morgan fingerprint density at radius 3 is 1.32 bits per heavy atom. The summed E-state index contributed by atoms with van der Waals surface area (Å²) in [6, 6.07) is 100.0. The van der Waals surface area contributed by atoms with E-state index in [4.69, 9.17) is 0 Å². The number of nitrogens with zero attached hydrogens (tertiary/aromatic N) is 1. The van der Waals surface area contributed by atoms with Crippen molar-refractivity contribution in [2.45, 2.75) is 5.41 Å². The molecule has 1 nitrogen and oxygen atoms in total. The minimum Gasteiger partial charge on any atom is -0.310 e. The molecule has 0 unspecified atom stereocenters. The molecule has 0 saturated carbocycles. The molecule has 0 aromatic heterocycles. The fraction of sp³-hybridized carbons (Fsp3) is 0.0154. The Hall–Kier alpha value is -8.52. The first-order valence-corrected chi connectivity index (χ1v) is 22.8. The molecule has 12 rings (SSSR count). The molecule has 0 spiro atoms. The van der Waals surface area contributed by atoms with Crippen LogP contribution < -0.4 is 4.90 Å². The smallest absolute Gasteiger partial charge is 0.0713 e. The van der Waals surface area contributed by atoms with Crippen molar-refractivity contribution in [2.24, 2.45) is 0 Å². The van der Waals surface area contributed by atoms with Crippen molar-refractivity contribution in [3.63, 3.8) is 0 Å². The van der Waals surface area contributed by atoms with E-state index in [1.54, 1.807) is 0 Å². The number of benzene rings is 11. The second-order valence-electron chi connectivity index (χ2n) is 17.3. The standard InChI is InChI=1S/C65H45N/c1-4-16-46(17-5-1)51-20-14-21-52(42-51)48-32-37-58(38-33-48)66(60-27-15-22-53(44-60)54-31-30-47-18-10-11-19-50(47)43-54)59-39-34-49(35-40-59)55-36-41-62-61-28-12-13-29-63(61)65(64(62)45-55,56-23-6-2-7-24-56)57-25-8-3-9-26-57/h1-45H. The third-order valence-electron chi connectivity index (χ3n) is 13.5. The van der Waals surface area contributed by atoms with Gasteiger partial charge in [-0.25, -0.2) is 0 Å². The van der Waals surface area contributed by atoms with E-state index >= 15 is 0 Å². The largest absolute Gasteiger partial charge is 0.310 e. The molecule has 0 radical (unpaired) electrons. The molecule has 310 valence electrons. The maximum atomic E-state index is 2.45. The quantitative estimate of drug-likeness (QED) is 0.140. The van der Waals surface area contributed by atoms with Gasteiger partial charge in [-0.15, -0.1) is 0 Å². The molecule has 0 aliphatic heterocycles. The van der Waals surface area contributed by atoms with Crippen molar-refractivity contribution >= 4 is 27.8 Å². The maximum absolute atomic E-state index is 2.45. The summed E-state index contributed by atoms with van der Waals surface area (Å²) < 4.78 is 0. The summed E-state index contributed by atoms with van der Waals surface area (Å²) in [6.45, 7) is 0. The van der Waals surface area contributed by atoms with Gasteiger partial charge >= 0.3 is 0 Å². The molecule has 0 N–H and O–H groups in total. The maximum Gasteiger partial charge on any atom is 0.0713 e. The molecule has 11 aromatic rings. The van der Waals surface area contributed by atoms with Crippen LogP contribution in [0, 0.1) is 0 Å². The van der Waals surface area contributed by atoms with Crippen molar-refractivity contribution in [1.82, 2.24) is 0 Å². The van der Waals surface area contributed by atoms with Crippen LogP contribution in [0.4, 0.5) is 17.1 Å². The van der Waals surface area contributed by atoms with Crippen LogP contribution in [0.25, 0.3) is 66.4 Å². The first-order valence-electron chi connectivity index (χ1n) is 22.8. The second kappa shape index (κ2) is 16.6. The van der Waals surface area contributed by atoms with E-state index < -0.39 is 5.41 Å². The summed E-state index contributed by atoms with van der Waals surface area (Å²) in [5, 5.41) is 2.48. The van der Waals surface area contributed by atoms with E-state index in [0.717, 1.165) is 17.1 Å². The summed E-state index contributed by atoms with van der Waals surface area (Å²) in [5.74, 6) is 0. The van der Waals surface area contributed by atoms with E-state index in [-0.39, 0.29) is 0 Å².